The van der Waals surface area contributed by atoms with Crippen molar-refractivity contribution in [1.29, 1.82) is 0 Å². The first-order valence-electron chi connectivity index (χ1n) is 7.67. The van der Waals surface area contributed by atoms with E-state index < -0.39 is 16.1 Å². The molecule has 0 bridgehead atoms. The molecular weight excluding hydrogens is 320 g/mol. The van der Waals surface area contributed by atoms with Gasteiger partial charge in [0.15, 0.2) is 6.10 Å². The van der Waals surface area contributed by atoms with Crippen molar-refractivity contribution in [3.05, 3.63) is 18.2 Å². The molecular formula is C15H20N2O5S. The van der Waals surface area contributed by atoms with Crippen LogP contribution >= 0.6 is 0 Å². The van der Waals surface area contributed by atoms with Crippen LogP contribution in [0.15, 0.2) is 23.1 Å². The Morgan fingerprint density at radius 1 is 1.26 bits per heavy atom. The summed E-state index contributed by atoms with van der Waals surface area (Å²) in [6.07, 6.45) is 1.45. The first-order chi connectivity index (χ1) is 10.8. The molecule has 0 saturated heterocycles. The lowest BCUT2D eigenvalue weighted by Crippen LogP contribution is -2.38. The van der Waals surface area contributed by atoms with Crippen LogP contribution in [0.1, 0.15) is 32.6 Å². The smallest absolute Gasteiger partial charge is 0.265 e. The highest BCUT2D eigenvalue weighted by Crippen LogP contribution is 2.32. The molecule has 1 aliphatic carbocycles. The van der Waals surface area contributed by atoms with Gasteiger partial charge in [0.25, 0.3) is 5.91 Å². The lowest BCUT2D eigenvalue weighted by atomic mass is 9.94. The van der Waals surface area contributed by atoms with E-state index in [0.29, 0.717) is 37.1 Å². The molecule has 1 amide bonds. The van der Waals surface area contributed by atoms with Gasteiger partial charge in [-0.3, -0.25) is 4.79 Å². The molecule has 1 unspecified atom stereocenters. The molecule has 2 aliphatic rings. The molecule has 0 spiro atoms. The van der Waals surface area contributed by atoms with Crippen molar-refractivity contribution in [1.82, 2.24) is 4.72 Å². The average molecular weight is 340 g/mol. The summed E-state index contributed by atoms with van der Waals surface area (Å²) in [6.45, 7) is 1.60. The summed E-state index contributed by atoms with van der Waals surface area (Å²) in [6, 6.07) is 4.22. The van der Waals surface area contributed by atoms with Gasteiger partial charge >= 0.3 is 0 Å². The Bertz CT molecular complexity index is 711. The number of carbonyl (C=O) groups is 1. The van der Waals surface area contributed by atoms with Crippen LogP contribution < -0.4 is 14.8 Å². The van der Waals surface area contributed by atoms with Gasteiger partial charge in [0.1, 0.15) is 5.75 Å². The largest absolute Gasteiger partial charge is 0.479 e. The van der Waals surface area contributed by atoms with Gasteiger partial charge in [0, 0.05) is 12.1 Å². The molecule has 1 atom stereocenters. The number of anilines is 1. The zero-order valence-electron chi connectivity index (χ0n) is 12.8. The predicted octanol–water partition coefficient (Wildman–Crippen LogP) is 0.988. The zero-order valence-corrected chi connectivity index (χ0v) is 13.6. The van der Waals surface area contributed by atoms with Crippen LogP contribution in [0.4, 0.5) is 5.69 Å². The van der Waals surface area contributed by atoms with Crippen molar-refractivity contribution in [2.24, 2.45) is 0 Å². The number of aliphatic hydroxyl groups excluding tert-OH is 1. The Morgan fingerprint density at radius 2 is 1.96 bits per heavy atom. The van der Waals surface area contributed by atoms with Crippen LogP contribution in [-0.4, -0.2) is 37.7 Å². The van der Waals surface area contributed by atoms with E-state index >= 15 is 0 Å². The average Bonchev–Trinajstić information content (AvgIpc) is 2.50. The highest BCUT2D eigenvalue weighted by Gasteiger charge is 2.28. The van der Waals surface area contributed by atoms with Crippen molar-refractivity contribution < 1.29 is 23.1 Å². The number of ether oxygens (including phenoxy) is 1. The number of nitrogens with one attached hydrogen (secondary N) is 2. The summed E-state index contributed by atoms with van der Waals surface area (Å²) in [7, 11) is -3.67. The molecule has 3 rings (SSSR count). The van der Waals surface area contributed by atoms with Gasteiger partial charge in [-0.15, -0.1) is 0 Å². The third kappa shape index (κ3) is 3.49. The molecule has 1 aromatic rings. The summed E-state index contributed by atoms with van der Waals surface area (Å²) < 4.78 is 33.1. The van der Waals surface area contributed by atoms with Crippen LogP contribution in [0.5, 0.6) is 5.75 Å². The van der Waals surface area contributed by atoms with Gasteiger partial charge in [0.05, 0.1) is 16.7 Å². The highest BCUT2D eigenvalue weighted by atomic mass is 32.2. The Kier molecular flexibility index (Phi) is 4.31. The maximum Gasteiger partial charge on any atom is 0.265 e. The Labute approximate surface area is 135 Å². The second-order valence-electron chi connectivity index (χ2n) is 6.03. The van der Waals surface area contributed by atoms with E-state index in [2.05, 4.69) is 10.0 Å². The Balaban J connectivity index is 1.78. The standard InChI is InChI=1S/C15H20N2O5S/c1-9-15(19)16-13-7-6-12(8-14(13)22-9)23(20,21)17-10-2-4-11(18)5-3-10/h6-11,17-18H,2-5H2,1H3,(H,16,19). The number of sulfonamides is 1. The summed E-state index contributed by atoms with van der Waals surface area (Å²) in [5.41, 5.74) is 0.466. The predicted molar refractivity (Wildman–Crippen MR) is 83.7 cm³/mol. The lowest BCUT2D eigenvalue weighted by molar-refractivity contribution is -0.122. The molecule has 1 heterocycles. The first-order valence-corrected chi connectivity index (χ1v) is 9.15. The van der Waals surface area contributed by atoms with Crippen molar-refractivity contribution >= 4 is 21.6 Å². The van der Waals surface area contributed by atoms with Crippen LogP contribution in [-0.2, 0) is 14.8 Å². The fourth-order valence-electron chi connectivity index (χ4n) is 2.83. The number of hydrogen-bond donors (Lipinski definition) is 3. The van der Waals surface area contributed by atoms with Gasteiger partial charge in [-0.25, -0.2) is 13.1 Å². The summed E-state index contributed by atoms with van der Waals surface area (Å²) >= 11 is 0. The SMILES string of the molecule is CC1Oc2cc(S(=O)(=O)NC3CCC(O)CC3)ccc2NC1=O. The minimum atomic E-state index is -3.67. The van der Waals surface area contributed by atoms with E-state index in [1.165, 1.54) is 18.2 Å². The monoisotopic (exact) mass is 340 g/mol. The third-order valence-electron chi connectivity index (χ3n) is 4.21. The minimum absolute atomic E-state index is 0.103. The van der Waals surface area contributed by atoms with Crippen LogP contribution in [0.3, 0.4) is 0 Å². The third-order valence-corrected chi connectivity index (χ3v) is 5.73. The zero-order chi connectivity index (χ0) is 16.6. The second kappa shape index (κ2) is 6.10. The van der Waals surface area contributed by atoms with Crippen molar-refractivity contribution in [2.45, 2.75) is 55.8 Å². The molecule has 1 aromatic carbocycles. The van der Waals surface area contributed by atoms with E-state index in [-0.39, 0.29) is 22.9 Å². The van der Waals surface area contributed by atoms with E-state index in [1.807, 2.05) is 0 Å². The van der Waals surface area contributed by atoms with Gasteiger partial charge in [0.2, 0.25) is 10.0 Å². The molecule has 0 aromatic heterocycles. The summed E-state index contributed by atoms with van der Waals surface area (Å²) in [5.74, 6) is 0.0889. The number of fused-ring (bicyclic) bond motifs is 1. The number of benzene rings is 1. The Hall–Kier alpha value is -1.64. The highest BCUT2D eigenvalue weighted by molar-refractivity contribution is 7.89. The van der Waals surface area contributed by atoms with Gasteiger partial charge in [-0.2, -0.15) is 0 Å². The molecule has 1 saturated carbocycles. The van der Waals surface area contributed by atoms with E-state index in [9.17, 15) is 18.3 Å². The van der Waals surface area contributed by atoms with E-state index in [0.717, 1.165) is 0 Å². The molecule has 126 valence electrons. The van der Waals surface area contributed by atoms with Gasteiger partial charge < -0.3 is 15.2 Å². The van der Waals surface area contributed by atoms with E-state index in [4.69, 9.17) is 4.74 Å². The first kappa shape index (κ1) is 16.2. The molecule has 23 heavy (non-hydrogen) atoms. The fourth-order valence-corrected chi connectivity index (χ4v) is 4.15. The van der Waals surface area contributed by atoms with E-state index in [1.54, 1.807) is 6.92 Å². The van der Waals surface area contributed by atoms with Crippen molar-refractivity contribution in [3.63, 3.8) is 0 Å². The fraction of sp³-hybridized carbons (Fsp3) is 0.533. The number of rotatable bonds is 3. The lowest BCUT2D eigenvalue weighted by Gasteiger charge is -2.26. The maximum atomic E-state index is 12.5. The number of aliphatic hydroxyl groups is 1. The molecule has 0 radical (unpaired) electrons. The summed E-state index contributed by atoms with van der Waals surface area (Å²) in [5, 5.41) is 12.2. The quantitative estimate of drug-likeness (QED) is 0.761. The molecule has 1 aliphatic heterocycles. The summed E-state index contributed by atoms with van der Waals surface area (Å²) in [4.78, 5) is 11.6. The van der Waals surface area contributed by atoms with Crippen molar-refractivity contribution in [2.75, 3.05) is 5.32 Å². The molecule has 3 N–H and O–H groups in total. The topological polar surface area (TPSA) is 105 Å². The number of amides is 1. The van der Waals surface area contributed by atoms with Crippen LogP contribution in [0.25, 0.3) is 0 Å². The van der Waals surface area contributed by atoms with Gasteiger partial charge in [-0.05, 0) is 44.7 Å². The van der Waals surface area contributed by atoms with Gasteiger partial charge in [-0.1, -0.05) is 0 Å². The van der Waals surface area contributed by atoms with Crippen molar-refractivity contribution in [3.8, 4) is 5.75 Å². The van der Waals surface area contributed by atoms with Crippen LogP contribution in [0.2, 0.25) is 0 Å². The Morgan fingerprint density at radius 3 is 2.65 bits per heavy atom. The number of hydrogen-bond acceptors (Lipinski definition) is 5. The minimum Gasteiger partial charge on any atom is -0.479 e. The normalized spacial score (nSPS) is 27.7. The molecule has 8 heteroatoms. The second-order valence-corrected chi connectivity index (χ2v) is 7.75. The molecule has 1 fully saturated rings. The molecule has 7 nitrogen and oxygen atoms in total. The number of carbonyl (C=O) groups excluding carboxylic acids is 1. The maximum absolute atomic E-state index is 12.5. The van der Waals surface area contributed by atoms with Crippen LogP contribution in [0, 0.1) is 0 Å².